The summed E-state index contributed by atoms with van der Waals surface area (Å²) < 4.78 is 0. The number of hydrogen-bond acceptors (Lipinski definition) is 3. The van der Waals surface area contributed by atoms with Gasteiger partial charge in [-0.1, -0.05) is 25.7 Å². The van der Waals surface area contributed by atoms with Crippen molar-refractivity contribution in [2.45, 2.75) is 63.5 Å². The van der Waals surface area contributed by atoms with Crippen LogP contribution in [0.3, 0.4) is 0 Å². The molecule has 0 spiro atoms. The van der Waals surface area contributed by atoms with Gasteiger partial charge in [0, 0.05) is 12.5 Å². The van der Waals surface area contributed by atoms with Gasteiger partial charge in [0.2, 0.25) is 5.91 Å². The average Bonchev–Trinajstić information content (AvgIpc) is 2.56. The van der Waals surface area contributed by atoms with Gasteiger partial charge in [-0.2, -0.15) is 0 Å². The Morgan fingerprint density at radius 2 is 1.84 bits per heavy atom. The number of carbonyl (C=O) groups excluding carboxylic acids is 3. The zero-order chi connectivity index (χ0) is 13.7. The lowest BCUT2D eigenvalue weighted by molar-refractivity contribution is -0.122. The molecule has 106 valence electrons. The van der Waals surface area contributed by atoms with Crippen molar-refractivity contribution in [1.29, 1.82) is 0 Å². The second-order valence-corrected chi connectivity index (χ2v) is 5.31. The van der Waals surface area contributed by atoms with Crippen LogP contribution in [0.2, 0.25) is 0 Å². The van der Waals surface area contributed by atoms with E-state index in [9.17, 15) is 14.4 Å². The summed E-state index contributed by atoms with van der Waals surface area (Å²) in [6, 6.07) is -0.756. The molecule has 1 heterocycles. The maximum absolute atomic E-state index is 11.8. The third-order valence-electron chi connectivity index (χ3n) is 3.74. The fraction of sp³-hybridized carbons (Fsp3) is 0.769. The first-order valence-corrected chi connectivity index (χ1v) is 7.06. The maximum atomic E-state index is 11.8. The second kappa shape index (κ2) is 6.54. The van der Waals surface area contributed by atoms with Crippen molar-refractivity contribution in [3.63, 3.8) is 0 Å². The smallest absolute Gasteiger partial charge is 0.322 e. The highest BCUT2D eigenvalue weighted by atomic mass is 16.2. The normalized spacial score (nSPS) is 24.5. The second-order valence-electron chi connectivity index (χ2n) is 5.31. The van der Waals surface area contributed by atoms with Gasteiger partial charge in [0.05, 0.1) is 0 Å². The van der Waals surface area contributed by atoms with E-state index >= 15 is 0 Å². The summed E-state index contributed by atoms with van der Waals surface area (Å²) >= 11 is 0. The SMILES string of the molecule is O=C(CCC1NC(=O)NC1=O)NC1CCCCCC1. The van der Waals surface area contributed by atoms with E-state index in [1.807, 2.05) is 0 Å². The van der Waals surface area contributed by atoms with Gasteiger partial charge in [-0.25, -0.2) is 4.79 Å². The fourth-order valence-electron chi connectivity index (χ4n) is 2.66. The number of amides is 4. The molecule has 1 aliphatic heterocycles. The van der Waals surface area contributed by atoms with Crippen molar-refractivity contribution in [1.82, 2.24) is 16.0 Å². The van der Waals surface area contributed by atoms with Crippen LogP contribution >= 0.6 is 0 Å². The minimum atomic E-state index is -0.563. The van der Waals surface area contributed by atoms with Crippen LogP contribution in [0.15, 0.2) is 0 Å². The van der Waals surface area contributed by atoms with Crippen LogP contribution in [0.1, 0.15) is 51.4 Å². The van der Waals surface area contributed by atoms with Crippen molar-refractivity contribution in [3.8, 4) is 0 Å². The maximum Gasteiger partial charge on any atom is 0.322 e. The van der Waals surface area contributed by atoms with Crippen molar-refractivity contribution in [2.75, 3.05) is 0 Å². The van der Waals surface area contributed by atoms with E-state index in [1.165, 1.54) is 25.7 Å². The molecular weight excluding hydrogens is 246 g/mol. The zero-order valence-corrected chi connectivity index (χ0v) is 11.0. The lowest BCUT2D eigenvalue weighted by Crippen LogP contribution is -2.36. The Balaban J connectivity index is 1.69. The van der Waals surface area contributed by atoms with Gasteiger partial charge in [-0.3, -0.25) is 14.9 Å². The molecule has 0 aromatic heterocycles. The predicted molar refractivity (Wildman–Crippen MR) is 69.3 cm³/mol. The summed E-state index contributed by atoms with van der Waals surface area (Å²) in [6.45, 7) is 0. The van der Waals surface area contributed by atoms with Gasteiger partial charge in [-0.05, 0) is 19.3 Å². The molecule has 0 bridgehead atoms. The molecule has 4 amide bonds. The Kier molecular flexibility index (Phi) is 4.76. The summed E-state index contributed by atoms with van der Waals surface area (Å²) in [4.78, 5) is 34.0. The molecule has 6 nitrogen and oxygen atoms in total. The van der Waals surface area contributed by atoms with E-state index in [0.29, 0.717) is 6.42 Å². The largest absolute Gasteiger partial charge is 0.353 e. The standard InChI is InChI=1S/C13H21N3O3/c17-11(14-9-5-3-1-2-4-6-9)8-7-10-12(18)16-13(19)15-10/h9-10H,1-8H2,(H,14,17)(H2,15,16,18,19). The van der Waals surface area contributed by atoms with Gasteiger partial charge in [0.25, 0.3) is 5.91 Å². The number of imide groups is 1. The van der Waals surface area contributed by atoms with Crippen LogP contribution in [0, 0.1) is 0 Å². The number of urea groups is 1. The van der Waals surface area contributed by atoms with Gasteiger partial charge in [-0.15, -0.1) is 0 Å². The molecule has 1 saturated carbocycles. The highest BCUT2D eigenvalue weighted by Gasteiger charge is 2.29. The third kappa shape index (κ3) is 4.22. The highest BCUT2D eigenvalue weighted by molar-refractivity contribution is 6.04. The monoisotopic (exact) mass is 267 g/mol. The van der Waals surface area contributed by atoms with E-state index in [2.05, 4.69) is 16.0 Å². The van der Waals surface area contributed by atoms with E-state index in [0.717, 1.165) is 12.8 Å². The number of nitrogens with one attached hydrogen (secondary N) is 3. The van der Waals surface area contributed by atoms with Gasteiger partial charge in [0.15, 0.2) is 0 Å². The van der Waals surface area contributed by atoms with Crippen molar-refractivity contribution >= 4 is 17.8 Å². The molecule has 3 N–H and O–H groups in total. The fourth-order valence-corrected chi connectivity index (χ4v) is 2.66. The zero-order valence-electron chi connectivity index (χ0n) is 11.0. The molecule has 2 fully saturated rings. The van der Waals surface area contributed by atoms with Crippen LogP contribution in [-0.4, -0.2) is 29.9 Å². The van der Waals surface area contributed by atoms with Crippen molar-refractivity contribution in [3.05, 3.63) is 0 Å². The topological polar surface area (TPSA) is 87.3 Å². The molecule has 2 rings (SSSR count). The van der Waals surface area contributed by atoms with Gasteiger partial charge >= 0.3 is 6.03 Å². The Labute approximate surface area is 112 Å². The lowest BCUT2D eigenvalue weighted by Gasteiger charge is -2.16. The molecule has 1 unspecified atom stereocenters. The highest BCUT2D eigenvalue weighted by Crippen LogP contribution is 2.17. The molecule has 19 heavy (non-hydrogen) atoms. The Hall–Kier alpha value is -1.59. The summed E-state index contributed by atoms with van der Waals surface area (Å²) in [5, 5.41) is 7.68. The quantitative estimate of drug-likeness (QED) is 0.520. The molecule has 2 aliphatic rings. The van der Waals surface area contributed by atoms with Crippen LogP contribution in [0.4, 0.5) is 4.79 Å². The molecule has 1 aliphatic carbocycles. The first kappa shape index (κ1) is 13.8. The molecular formula is C13H21N3O3. The molecule has 0 aromatic rings. The molecule has 1 saturated heterocycles. The summed E-state index contributed by atoms with van der Waals surface area (Å²) in [5.41, 5.74) is 0. The molecule has 6 heteroatoms. The van der Waals surface area contributed by atoms with Crippen molar-refractivity contribution in [2.24, 2.45) is 0 Å². The predicted octanol–water partition coefficient (Wildman–Crippen LogP) is 0.814. The van der Waals surface area contributed by atoms with E-state index in [-0.39, 0.29) is 24.3 Å². The third-order valence-corrected chi connectivity index (χ3v) is 3.74. The number of rotatable bonds is 4. The van der Waals surface area contributed by atoms with Gasteiger partial charge < -0.3 is 10.6 Å². The minimum Gasteiger partial charge on any atom is -0.353 e. The Morgan fingerprint density at radius 3 is 2.42 bits per heavy atom. The van der Waals surface area contributed by atoms with E-state index in [4.69, 9.17) is 0 Å². The van der Waals surface area contributed by atoms with Crippen LogP contribution in [-0.2, 0) is 9.59 Å². The van der Waals surface area contributed by atoms with E-state index < -0.39 is 12.1 Å². The first-order valence-electron chi connectivity index (χ1n) is 7.06. The lowest BCUT2D eigenvalue weighted by atomic mass is 10.1. The molecule has 0 radical (unpaired) electrons. The minimum absolute atomic E-state index is 0.0270. The average molecular weight is 267 g/mol. The van der Waals surface area contributed by atoms with Crippen LogP contribution in [0.5, 0.6) is 0 Å². The molecule has 0 aromatic carbocycles. The summed E-state index contributed by atoms with van der Waals surface area (Å²) in [6.07, 6.45) is 7.57. The summed E-state index contributed by atoms with van der Waals surface area (Å²) in [5.74, 6) is -0.367. The van der Waals surface area contributed by atoms with E-state index in [1.54, 1.807) is 0 Å². The van der Waals surface area contributed by atoms with Crippen LogP contribution < -0.4 is 16.0 Å². The summed E-state index contributed by atoms with van der Waals surface area (Å²) in [7, 11) is 0. The first-order chi connectivity index (χ1) is 9.15. The Morgan fingerprint density at radius 1 is 1.16 bits per heavy atom. The Bertz CT molecular complexity index is 362. The van der Waals surface area contributed by atoms with Crippen LogP contribution in [0.25, 0.3) is 0 Å². The van der Waals surface area contributed by atoms with Gasteiger partial charge in [0.1, 0.15) is 6.04 Å². The number of hydrogen-bond donors (Lipinski definition) is 3. The number of carbonyl (C=O) groups is 3. The molecule has 1 atom stereocenters. The van der Waals surface area contributed by atoms with Crippen molar-refractivity contribution < 1.29 is 14.4 Å².